The zero-order valence-corrected chi connectivity index (χ0v) is 15.4. The normalized spacial score (nSPS) is 15.4. The fourth-order valence-electron chi connectivity index (χ4n) is 3.61. The van der Waals surface area contributed by atoms with E-state index in [9.17, 15) is 4.79 Å². The Hall–Kier alpha value is -2.18. The van der Waals surface area contributed by atoms with Crippen LogP contribution in [0, 0.1) is 0 Å². The molecular weight excluding hydrogens is 346 g/mol. The predicted molar refractivity (Wildman–Crippen MR) is 105 cm³/mol. The minimum absolute atomic E-state index is 0.0986. The molecule has 26 heavy (non-hydrogen) atoms. The van der Waals surface area contributed by atoms with Gasteiger partial charge in [-0.2, -0.15) is 0 Å². The van der Waals surface area contributed by atoms with E-state index in [0.717, 1.165) is 27.4 Å². The van der Waals surface area contributed by atoms with Crippen LogP contribution in [0.3, 0.4) is 0 Å². The predicted octanol–water partition coefficient (Wildman–Crippen LogP) is 4.46. The van der Waals surface area contributed by atoms with E-state index in [1.807, 2.05) is 24.3 Å². The van der Waals surface area contributed by atoms with Crippen LogP contribution in [0.1, 0.15) is 58.4 Å². The van der Waals surface area contributed by atoms with Gasteiger partial charge in [-0.3, -0.25) is 4.79 Å². The fourth-order valence-corrected chi connectivity index (χ4v) is 4.51. The number of amides is 1. The molecule has 0 spiro atoms. The van der Waals surface area contributed by atoms with Gasteiger partial charge in [-0.15, -0.1) is 11.3 Å². The molecule has 6 heteroatoms. The van der Waals surface area contributed by atoms with E-state index in [1.54, 1.807) is 6.07 Å². The number of carbonyl (C=O) groups is 1. The van der Waals surface area contributed by atoms with Crippen molar-refractivity contribution in [2.75, 3.05) is 11.9 Å². The highest BCUT2D eigenvalue weighted by Crippen LogP contribution is 2.32. The number of aromatic nitrogens is 2. The van der Waals surface area contributed by atoms with Crippen molar-refractivity contribution in [3.63, 3.8) is 0 Å². The summed E-state index contributed by atoms with van der Waals surface area (Å²) in [5.41, 5.74) is 2.68. The lowest BCUT2D eigenvalue weighted by molar-refractivity contribution is 0.103. The van der Waals surface area contributed by atoms with E-state index < -0.39 is 0 Å². The zero-order valence-electron chi connectivity index (χ0n) is 14.6. The molecule has 0 unspecified atom stereocenters. The molecule has 5 nitrogen and oxygen atoms in total. The Balaban J connectivity index is 1.50. The zero-order chi connectivity index (χ0) is 17.9. The first-order valence-corrected chi connectivity index (χ1v) is 10.0. The Morgan fingerprint density at radius 3 is 2.88 bits per heavy atom. The molecule has 2 aromatic heterocycles. The third-order valence-corrected chi connectivity index (χ3v) is 6.14. The number of fused-ring (bicyclic) bond motifs is 1. The van der Waals surface area contributed by atoms with E-state index in [0.29, 0.717) is 17.2 Å². The third kappa shape index (κ3) is 3.66. The van der Waals surface area contributed by atoms with E-state index in [-0.39, 0.29) is 12.5 Å². The molecule has 0 atom stereocenters. The van der Waals surface area contributed by atoms with Gasteiger partial charge in [-0.05, 0) is 43.2 Å². The maximum absolute atomic E-state index is 12.4. The number of aromatic amines is 1. The smallest absolute Gasteiger partial charge is 0.265 e. The van der Waals surface area contributed by atoms with Crippen LogP contribution in [0.5, 0.6) is 0 Å². The molecule has 2 heterocycles. The molecule has 1 aliphatic carbocycles. The lowest BCUT2D eigenvalue weighted by atomic mass is 9.89. The maximum Gasteiger partial charge on any atom is 0.265 e. The van der Waals surface area contributed by atoms with Crippen molar-refractivity contribution in [2.45, 2.75) is 44.4 Å². The fraction of sp³-hybridized carbons (Fsp3) is 0.400. The second kappa shape index (κ2) is 7.60. The van der Waals surface area contributed by atoms with Gasteiger partial charge in [-0.1, -0.05) is 19.3 Å². The minimum atomic E-state index is -0.120. The molecule has 3 N–H and O–H groups in total. The highest BCUT2D eigenvalue weighted by atomic mass is 32.1. The summed E-state index contributed by atoms with van der Waals surface area (Å²) in [4.78, 5) is 22.3. The topological polar surface area (TPSA) is 78.0 Å². The number of carbonyl (C=O) groups excluding carboxylic acids is 1. The minimum Gasteiger partial charge on any atom is -0.396 e. The Labute approximate surface area is 156 Å². The Morgan fingerprint density at radius 1 is 1.23 bits per heavy atom. The molecule has 3 aromatic rings. The van der Waals surface area contributed by atoms with E-state index >= 15 is 0 Å². The second-order valence-electron chi connectivity index (χ2n) is 6.88. The van der Waals surface area contributed by atoms with E-state index in [1.165, 1.54) is 43.4 Å². The van der Waals surface area contributed by atoms with Crippen LogP contribution in [-0.2, 0) is 6.42 Å². The van der Waals surface area contributed by atoms with E-state index in [4.69, 9.17) is 10.1 Å². The van der Waals surface area contributed by atoms with Crippen molar-refractivity contribution >= 4 is 34.0 Å². The van der Waals surface area contributed by atoms with Crippen molar-refractivity contribution in [3.8, 4) is 0 Å². The molecule has 1 fully saturated rings. The molecule has 136 valence electrons. The summed E-state index contributed by atoms with van der Waals surface area (Å²) >= 11 is 1.42. The summed E-state index contributed by atoms with van der Waals surface area (Å²) in [7, 11) is 0. The van der Waals surface area contributed by atoms with Gasteiger partial charge < -0.3 is 15.4 Å². The van der Waals surface area contributed by atoms with Gasteiger partial charge in [0, 0.05) is 29.5 Å². The first-order valence-electron chi connectivity index (χ1n) is 9.23. The summed E-state index contributed by atoms with van der Waals surface area (Å²) in [6.07, 6.45) is 6.89. The Morgan fingerprint density at radius 2 is 2.08 bits per heavy atom. The summed E-state index contributed by atoms with van der Waals surface area (Å²) in [5.74, 6) is 1.49. The van der Waals surface area contributed by atoms with Crippen LogP contribution in [-0.4, -0.2) is 27.6 Å². The number of aliphatic hydroxyl groups is 1. The molecule has 0 saturated heterocycles. The molecule has 0 radical (unpaired) electrons. The third-order valence-electron chi connectivity index (χ3n) is 4.99. The molecule has 1 saturated carbocycles. The van der Waals surface area contributed by atoms with Crippen LogP contribution in [0.4, 0.5) is 5.69 Å². The van der Waals surface area contributed by atoms with Gasteiger partial charge in [-0.25, -0.2) is 4.98 Å². The average molecular weight is 369 g/mol. The van der Waals surface area contributed by atoms with Crippen molar-refractivity contribution in [1.82, 2.24) is 9.97 Å². The lowest BCUT2D eigenvalue weighted by Crippen LogP contribution is -2.09. The second-order valence-corrected chi connectivity index (χ2v) is 8.05. The number of hydrogen-bond donors (Lipinski definition) is 3. The molecule has 0 bridgehead atoms. The van der Waals surface area contributed by atoms with Crippen LogP contribution in [0.2, 0.25) is 0 Å². The van der Waals surface area contributed by atoms with Crippen LogP contribution in [0.15, 0.2) is 30.3 Å². The summed E-state index contributed by atoms with van der Waals surface area (Å²) in [5, 5.41) is 12.0. The van der Waals surface area contributed by atoms with Crippen LogP contribution in [0.25, 0.3) is 11.0 Å². The first-order chi connectivity index (χ1) is 12.7. The standard InChI is InChI=1S/C20H23N3O2S/c24-11-10-15-7-9-18(26-15)20(25)21-14-6-8-16-17(12-14)23-19(22-16)13-4-2-1-3-5-13/h6-9,12-13,24H,1-5,10-11H2,(H,21,25)(H,22,23). The molecule has 4 rings (SSSR count). The largest absolute Gasteiger partial charge is 0.396 e. The van der Waals surface area contributed by atoms with Gasteiger partial charge >= 0.3 is 0 Å². The van der Waals surface area contributed by atoms with Gasteiger partial charge in [0.25, 0.3) is 5.91 Å². The number of H-pyrrole nitrogens is 1. The molecule has 1 aromatic carbocycles. The lowest BCUT2D eigenvalue weighted by Gasteiger charge is -2.18. The van der Waals surface area contributed by atoms with E-state index in [2.05, 4.69) is 10.3 Å². The number of anilines is 1. The highest BCUT2D eigenvalue weighted by Gasteiger charge is 2.19. The van der Waals surface area contributed by atoms with Crippen molar-refractivity contribution in [1.29, 1.82) is 0 Å². The van der Waals surface area contributed by atoms with Crippen LogP contribution < -0.4 is 5.32 Å². The van der Waals surface area contributed by atoms with Gasteiger partial charge in [0.15, 0.2) is 0 Å². The number of thiophene rings is 1. The Bertz CT molecular complexity index is 909. The van der Waals surface area contributed by atoms with Crippen molar-refractivity contribution in [3.05, 3.63) is 45.9 Å². The number of rotatable bonds is 5. The SMILES string of the molecule is O=C(Nc1ccc2nc(C3CCCCC3)[nH]c2c1)c1ccc(CCO)s1. The van der Waals surface area contributed by atoms with Gasteiger partial charge in [0.05, 0.1) is 15.9 Å². The summed E-state index contributed by atoms with van der Waals surface area (Å²) in [6.45, 7) is 0.0986. The number of nitrogens with zero attached hydrogens (tertiary/aromatic N) is 1. The molecular formula is C20H23N3O2S. The average Bonchev–Trinajstić information content (AvgIpc) is 3.29. The first kappa shape index (κ1) is 17.2. The summed E-state index contributed by atoms with van der Waals surface area (Å²) in [6, 6.07) is 9.51. The number of hydrogen-bond acceptors (Lipinski definition) is 4. The summed E-state index contributed by atoms with van der Waals surface area (Å²) < 4.78 is 0. The van der Waals surface area contributed by atoms with Gasteiger partial charge in [0.1, 0.15) is 5.82 Å². The monoisotopic (exact) mass is 369 g/mol. The van der Waals surface area contributed by atoms with Crippen molar-refractivity contribution < 1.29 is 9.90 Å². The number of benzene rings is 1. The molecule has 1 aliphatic rings. The molecule has 1 amide bonds. The highest BCUT2D eigenvalue weighted by molar-refractivity contribution is 7.14. The number of imidazole rings is 1. The van der Waals surface area contributed by atoms with Crippen LogP contribution >= 0.6 is 11.3 Å². The maximum atomic E-state index is 12.4. The van der Waals surface area contributed by atoms with Gasteiger partial charge in [0.2, 0.25) is 0 Å². The number of aliphatic hydroxyl groups excluding tert-OH is 1. The molecule has 0 aliphatic heterocycles. The quantitative estimate of drug-likeness (QED) is 0.621. The number of nitrogens with one attached hydrogen (secondary N) is 2. The Kier molecular flexibility index (Phi) is 5.04. The van der Waals surface area contributed by atoms with Crippen molar-refractivity contribution in [2.24, 2.45) is 0 Å².